The first-order valence-corrected chi connectivity index (χ1v) is 6.71. The summed E-state index contributed by atoms with van der Waals surface area (Å²) in [6.07, 6.45) is 1.25. The van der Waals surface area contributed by atoms with Gasteiger partial charge in [0.05, 0.1) is 6.61 Å². The first-order chi connectivity index (χ1) is 9.33. The van der Waals surface area contributed by atoms with Gasteiger partial charge < -0.3 is 9.84 Å². The summed E-state index contributed by atoms with van der Waals surface area (Å²) < 4.78 is 5.49. The van der Waals surface area contributed by atoms with Crippen LogP contribution in [0.2, 0.25) is 0 Å². The van der Waals surface area contributed by atoms with Gasteiger partial charge in [0.1, 0.15) is 12.4 Å². The zero-order chi connectivity index (χ0) is 13.9. The van der Waals surface area contributed by atoms with Crippen LogP contribution in [0, 0.1) is 0 Å². The number of ether oxygens (including phenoxy) is 1. The number of hydrogen-bond acceptors (Lipinski definition) is 2. The second-order valence-corrected chi connectivity index (χ2v) is 4.14. The van der Waals surface area contributed by atoms with Gasteiger partial charge >= 0.3 is 0 Å². The molecule has 0 radical (unpaired) electrons. The standard InChI is InChI=1S/C14H14O2.C3H8/c15-10-11-16-14-9-5-4-8-13(14)12-6-2-1-3-7-12;1-3-2/h1-9,15H,10-11H2;3H2,1-2H3. The number of aliphatic hydroxyl groups excluding tert-OH is 1. The highest BCUT2D eigenvalue weighted by molar-refractivity contribution is 5.70. The minimum absolute atomic E-state index is 0.0309. The Morgan fingerprint density at radius 3 is 2.11 bits per heavy atom. The Labute approximate surface area is 115 Å². The van der Waals surface area contributed by atoms with E-state index < -0.39 is 0 Å². The van der Waals surface area contributed by atoms with E-state index in [1.807, 2.05) is 54.6 Å². The van der Waals surface area contributed by atoms with E-state index in [-0.39, 0.29) is 6.61 Å². The molecular formula is C17H22O2. The van der Waals surface area contributed by atoms with Crippen LogP contribution in [0.5, 0.6) is 5.75 Å². The largest absolute Gasteiger partial charge is 0.491 e. The quantitative estimate of drug-likeness (QED) is 0.893. The predicted octanol–water partition coefficient (Wildman–Crippen LogP) is 4.14. The molecule has 102 valence electrons. The highest BCUT2D eigenvalue weighted by Gasteiger charge is 2.04. The number of rotatable bonds is 4. The van der Waals surface area contributed by atoms with Gasteiger partial charge in [0, 0.05) is 5.56 Å². The van der Waals surface area contributed by atoms with E-state index in [9.17, 15) is 0 Å². The van der Waals surface area contributed by atoms with E-state index in [4.69, 9.17) is 9.84 Å². The smallest absolute Gasteiger partial charge is 0.127 e. The fourth-order valence-corrected chi connectivity index (χ4v) is 1.60. The lowest BCUT2D eigenvalue weighted by atomic mass is 10.1. The molecule has 0 spiro atoms. The van der Waals surface area contributed by atoms with E-state index in [1.54, 1.807) is 0 Å². The molecule has 0 aliphatic rings. The third kappa shape index (κ3) is 5.14. The average Bonchev–Trinajstić information content (AvgIpc) is 2.47. The van der Waals surface area contributed by atoms with Crippen molar-refractivity contribution in [2.75, 3.05) is 13.2 Å². The van der Waals surface area contributed by atoms with Crippen molar-refractivity contribution in [3.05, 3.63) is 54.6 Å². The van der Waals surface area contributed by atoms with E-state index in [2.05, 4.69) is 13.8 Å². The second-order valence-electron chi connectivity index (χ2n) is 4.14. The number of para-hydroxylation sites is 1. The Hall–Kier alpha value is -1.80. The van der Waals surface area contributed by atoms with Gasteiger partial charge in [-0.05, 0) is 11.6 Å². The maximum absolute atomic E-state index is 8.76. The summed E-state index contributed by atoms with van der Waals surface area (Å²) in [6, 6.07) is 17.9. The van der Waals surface area contributed by atoms with E-state index in [0.717, 1.165) is 16.9 Å². The van der Waals surface area contributed by atoms with Gasteiger partial charge in [-0.2, -0.15) is 0 Å². The summed E-state index contributed by atoms with van der Waals surface area (Å²) in [5, 5.41) is 8.76. The van der Waals surface area contributed by atoms with Gasteiger partial charge in [0.2, 0.25) is 0 Å². The van der Waals surface area contributed by atoms with Crippen molar-refractivity contribution in [2.45, 2.75) is 20.3 Å². The third-order valence-corrected chi connectivity index (χ3v) is 2.32. The zero-order valence-electron chi connectivity index (χ0n) is 11.7. The first kappa shape index (κ1) is 15.3. The Morgan fingerprint density at radius 1 is 0.895 bits per heavy atom. The Bertz CT molecular complexity index is 452. The highest BCUT2D eigenvalue weighted by atomic mass is 16.5. The third-order valence-electron chi connectivity index (χ3n) is 2.32. The minimum atomic E-state index is 0.0309. The second kappa shape index (κ2) is 9.17. The van der Waals surface area contributed by atoms with Crippen LogP contribution in [0.15, 0.2) is 54.6 Å². The SMILES string of the molecule is CCC.OCCOc1ccccc1-c1ccccc1. The molecule has 0 aromatic heterocycles. The molecule has 19 heavy (non-hydrogen) atoms. The fraction of sp³-hybridized carbons (Fsp3) is 0.294. The van der Waals surface area contributed by atoms with Crippen LogP contribution in [-0.4, -0.2) is 18.3 Å². The lowest BCUT2D eigenvalue weighted by Gasteiger charge is -2.10. The molecule has 0 heterocycles. The molecular weight excluding hydrogens is 236 g/mol. The van der Waals surface area contributed by atoms with E-state index in [1.165, 1.54) is 6.42 Å². The molecule has 0 atom stereocenters. The molecule has 2 rings (SSSR count). The Kier molecular flexibility index (Phi) is 7.37. The van der Waals surface area contributed by atoms with Crippen LogP contribution in [0.1, 0.15) is 20.3 Å². The maximum Gasteiger partial charge on any atom is 0.127 e. The van der Waals surface area contributed by atoms with Crippen LogP contribution in [0.25, 0.3) is 11.1 Å². The molecule has 2 heteroatoms. The van der Waals surface area contributed by atoms with Crippen molar-refractivity contribution in [1.82, 2.24) is 0 Å². The highest BCUT2D eigenvalue weighted by Crippen LogP contribution is 2.29. The van der Waals surface area contributed by atoms with Crippen LogP contribution in [-0.2, 0) is 0 Å². The van der Waals surface area contributed by atoms with E-state index in [0.29, 0.717) is 6.61 Å². The van der Waals surface area contributed by atoms with Crippen LogP contribution in [0.3, 0.4) is 0 Å². The molecule has 2 nitrogen and oxygen atoms in total. The van der Waals surface area contributed by atoms with Gasteiger partial charge in [-0.1, -0.05) is 68.8 Å². The summed E-state index contributed by atoms with van der Waals surface area (Å²) in [5.41, 5.74) is 2.17. The van der Waals surface area contributed by atoms with Crippen molar-refractivity contribution >= 4 is 0 Å². The predicted molar refractivity (Wildman–Crippen MR) is 80.4 cm³/mol. The van der Waals surface area contributed by atoms with Crippen LogP contribution < -0.4 is 4.74 Å². The van der Waals surface area contributed by atoms with Crippen molar-refractivity contribution < 1.29 is 9.84 Å². The van der Waals surface area contributed by atoms with Crippen molar-refractivity contribution in [3.8, 4) is 16.9 Å². The summed E-state index contributed by atoms with van der Waals surface area (Å²) in [4.78, 5) is 0. The molecule has 0 saturated carbocycles. The maximum atomic E-state index is 8.76. The number of hydrogen-bond donors (Lipinski definition) is 1. The molecule has 2 aromatic carbocycles. The lowest BCUT2D eigenvalue weighted by molar-refractivity contribution is 0.202. The molecule has 0 aliphatic heterocycles. The van der Waals surface area contributed by atoms with Crippen LogP contribution in [0.4, 0.5) is 0 Å². The summed E-state index contributed by atoms with van der Waals surface area (Å²) in [5.74, 6) is 0.808. The van der Waals surface area contributed by atoms with Gasteiger partial charge in [0.15, 0.2) is 0 Å². The Balaban J connectivity index is 0.000000550. The minimum Gasteiger partial charge on any atom is -0.491 e. The van der Waals surface area contributed by atoms with Crippen molar-refractivity contribution in [3.63, 3.8) is 0 Å². The number of benzene rings is 2. The average molecular weight is 258 g/mol. The summed E-state index contributed by atoms with van der Waals surface area (Å²) in [7, 11) is 0. The molecule has 0 fully saturated rings. The molecule has 0 aliphatic carbocycles. The normalized spacial score (nSPS) is 9.42. The van der Waals surface area contributed by atoms with Gasteiger partial charge in [-0.25, -0.2) is 0 Å². The van der Waals surface area contributed by atoms with E-state index >= 15 is 0 Å². The fourth-order valence-electron chi connectivity index (χ4n) is 1.60. The monoisotopic (exact) mass is 258 g/mol. The summed E-state index contributed by atoms with van der Waals surface area (Å²) >= 11 is 0. The number of aliphatic hydroxyl groups is 1. The van der Waals surface area contributed by atoms with Gasteiger partial charge in [-0.15, -0.1) is 0 Å². The van der Waals surface area contributed by atoms with Gasteiger partial charge in [-0.3, -0.25) is 0 Å². The Morgan fingerprint density at radius 2 is 1.47 bits per heavy atom. The molecule has 0 bridgehead atoms. The zero-order valence-corrected chi connectivity index (χ0v) is 11.7. The van der Waals surface area contributed by atoms with Crippen LogP contribution >= 0.6 is 0 Å². The molecule has 0 saturated heterocycles. The lowest BCUT2D eigenvalue weighted by Crippen LogP contribution is -2.02. The van der Waals surface area contributed by atoms with Crippen molar-refractivity contribution in [1.29, 1.82) is 0 Å². The van der Waals surface area contributed by atoms with Crippen molar-refractivity contribution in [2.24, 2.45) is 0 Å². The molecule has 1 N–H and O–H groups in total. The topological polar surface area (TPSA) is 29.5 Å². The molecule has 0 amide bonds. The first-order valence-electron chi connectivity index (χ1n) is 6.71. The van der Waals surface area contributed by atoms with Gasteiger partial charge in [0.25, 0.3) is 0 Å². The molecule has 0 unspecified atom stereocenters. The molecule has 2 aromatic rings. The summed E-state index contributed by atoms with van der Waals surface area (Å²) in [6.45, 7) is 4.60.